The topological polar surface area (TPSA) is 61.8 Å². The van der Waals surface area contributed by atoms with E-state index in [2.05, 4.69) is 4.98 Å². The summed E-state index contributed by atoms with van der Waals surface area (Å²) in [7, 11) is 1.42. The van der Waals surface area contributed by atoms with E-state index >= 15 is 0 Å². The second kappa shape index (κ2) is 3.08. The van der Waals surface area contributed by atoms with Crippen molar-refractivity contribution in [3.63, 3.8) is 0 Å². The second-order valence-corrected chi connectivity index (χ2v) is 3.11. The fourth-order valence-electron chi connectivity index (χ4n) is 1.48. The molecule has 0 saturated carbocycles. The summed E-state index contributed by atoms with van der Waals surface area (Å²) in [4.78, 5) is 27.9. The lowest BCUT2D eigenvalue weighted by atomic mass is 10.5. The maximum atomic E-state index is 12.1. The molecular formula is C9H12N4O2. The lowest BCUT2D eigenvalue weighted by Gasteiger charge is -2.05. The van der Waals surface area contributed by atoms with Gasteiger partial charge in [0.2, 0.25) is 0 Å². The molecule has 15 heavy (non-hydrogen) atoms. The number of aryl methyl sites for hydroxylation is 2. The molecule has 0 N–H and O–H groups in total. The predicted molar refractivity (Wildman–Crippen MR) is 55.9 cm³/mol. The Morgan fingerprint density at radius 3 is 2.93 bits per heavy atom. The molecule has 6 heteroatoms. The van der Waals surface area contributed by atoms with E-state index in [-0.39, 0.29) is 24.0 Å². The van der Waals surface area contributed by atoms with E-state index in [4.69, 9.17) is 5.48 Å². The first-order valence-electron chi connectivity index (χ1n) is 6.39. The van der Waals surface area contributed by atoms with Crippen LogP contribution < -0.4 is 11.2 Å². The van der Waals surface area contributed by atoms with E-state index in [1.54, 1.807) is 6.92 Å². The van der Waals surface area contributed by atoms with Crippen molar-refractivity contribution in [3.8, 4) is 0 Å². The third-order valence-corrected chi connectivity index (χ3v) is 2.25. The zero-order valence-corrected chi connectivity index (χ0v) is 8.31. The molecule has 0 spiro atoms. The maximum absolute atomic E-state index is 12.1. The first kappa shape index (κ1) is 5.89. The molecule has 0 aliphatic heterocycles. The van der Waals surface area contributed by atoms with Gasteiger partial charge in [-0.25, -0.2) is 9.78 Å². The number of fused-ring (bicyclic) bond motifs is 1. The summed E-state index contributed by atoms with van der Waals surface area (Å²) in [6.45, 7) is -1.15. The van der Waals surface area contributed by atoms with E-state index in [9.17, 15) is 9.59 Å². The second-order valence-electron chi connectivity index (χ2n) is 3.11. The highest BCUT2D eigenvalue weighted by Gasteiger charge is 2.12. The van der Waals surface area contributed by atoms with Crippen molar-refractivity contribution < 1.29 is 5.48 Å². The molecule has 2 heterocycles. The number of hydrogen-bond acceptors (Lipinski definition) is 3. The van der Waals surface area contributed by atoms with Crippen LogP contribution in [0.1, 0.15) is 12.4 Å². The molecule has 0 radical (unpaired) electrons. The van der Waals surface area contributed by atoms with Crippen LogP contribution in [0.25, 0.3) is 11.2 Å². The zero-order chi connectivity index (χ0) is 14.5. The number of rotatable bonds is 1. The van der Waals surface area contributed by atoms with E-state index in [1.807, 2.05) is 0 Å². The lowest BCUT2D eigenvalue weighted by Crippen LogP contribution is -2.39. The highest BCUT2D eigenvalue weighted by atomic mass is 16.2. The number of hydrogen-bond donors (Lipinski definition) is 0. The molecule has 0 aliphatic carbocycles. The van der Waals surface area contributed by atoms with Gasteiger partial charge in [-0.3, -0.25) is 13.9 Å². The number of aromatic nitrogens is 4. The standard InChI is InChI=1S/C9H12N4O2/c1-4-13-8(14)6-7(10-5-11(6)2)12(3)9(13)15/h5H,4H2,1-3H3/i3D3,5D. The van der Waals surface area contributed by atoms with Gasteiger partial charge in [0.1, 0.15) is 1.37 Å². The Kier molecular flexibility index (Phi) is 1.21. The van der Waals surface area contributed by atoms with Gasteiger partial charge in [0.25, 0.3) is 5.56 Å². The Morgan fingerprint density at radius 1 is 1.60 bits per heavy atom. The van der Waals surface area contributed by atoms with E-state index in [1.165, 1.54) is 7.05 Å². The van der Waals surface area contributed by atoms with E-state index < -0.39 is 18.2 Å². The van der Waals surface area contributed by atoms with Gasteiger partial charge < -0.3 is 4.57 Å². The third kappa shape index (κ3) is 1.14. The Bertz CT molecular complexity index is 768. The molecule has 0 amide bonds. The molecule has 0 atom stereocenters. The first-order chi connectivity index (χ1) is 8.70. The van der Waals surface area contributed by atoms with Gasteiger partial charge in [0, 0.05) is 24.7 Å². The van der Waals surface area contributed by atoms with Crippen molar-refractivity contribution >= 4 is 11.2 Å². The summed E-state index contributed by atoms with van der Waals surface area (Å²) < 4.78 is 32.2. The largest absolute Gasteiger partial charge is 0.332 e. The summed E-state index contributed by atoms with van der Waals surface area (Å²) in [5.41, 5.74) is -1.94. The number of nitrogens with zero attached hydrogens (tertiary/aromatic N) is 4. The minimum atomic E-state index is -2.76. The summed E-state index contributed by atoms with van der Waals surface area (Å²) in [6, 6.07) is 0. The first-order valence-corrected chi connectivity index (χ1v) is 4.39. The highest BCUT2D eigenvalue weighted by Crippen LogP contribution is 2.02. The molecule has 0 saturated heterocycles. The Hall–Kier alpha value is -1.85. The van der Waals surface area contributed by atoms with Crippen LogP contribution in [0.5, 0.6) is 0 Å². The third-order valence-electron chi connectivity index (χ3n) is 2.25. The molecule has 0 fully saturated rings. The lowest BCUT2D eigenvalue weighted by molar-refractivity contribution is 0.635. The van der Waals surface area contributed by atoms with Crippen LogP contribution in [-0.2, 0) is 20.6 Å². The predicted octanol–water partition coefficient (Wildman–Crippen LogP) is -0.546. The zero-order valence-electron chi connectivity index (χ0n) is 12.3. The van der Waals surface area contributed by atoms with Crippen LogP contribution in [0.2, 0.25) is 0 Å². The average Bonchev–Trinajstić information content (AvgIpc) is 2.53. The highest BCUT2D eigenvalue weighted by molar-refractivity contribution is 5.69. The van der Waals surface area contributed by atoms with Crippen molar-refractivity contribution in [1.29, 1.82) is 0 Å². The van der Waals surface area contributed by atoms with Crippen LogP contribution in [0, 0.1) is 0 Å². The quantitative estimate of drug-likeness (QED) is 0.637. The smallest absolute Gasteiger partial charge is 0.328 e. The molecule has 0 unspecified atom stereocenters. The Morgan fingerprint density at radius 2 is 2.33 bits per heavy atom. The maximum Gasteiger partial charge on any atom is 0.332 e. The van der Waals surface area contributed by atoms with Crippen LogP contribution in [0.4, 0.5) is 0 Å². The van der Waals surface area contributed by atoms with Crippen LogP contribution in [0.15, 0.2) is 15.9 Å². The molecule has 0 aromatic carbocycles. The molecule has 0 aliphatic rings. The van der Waals surface area contributed by atoms with Crippen LogP contribution >= 0.6 is 0 Å². The fourth-order valence-corrected chi connectivity index (χ4v) is 1.48. The van der Waals surface area contributed by atoms with Crippen molar-refractivity contribution in [2.24, 2.45) is 14.0 Å². The van der Waals surface area contributed by atoms with Gasteiger partial charge >= 0.3 is 5.69 Å². The van der Waals surface area contributed by atoms with Gasteiger partial charge in [-0.1, -0.05) is 0 Å². The minimum Gasteiger partial charge on any atom is -0.328 e. The van der Waals surface area contributed by atoms with Gasteiger partial charge in [0.15, 0.2) is 11.2 Å². The molecule has 2 aromatic heterocycles. The van der Waals surface area contributed by atoms with Crippen molar-refractivity contribution in [2.45, 2.75) is 13.5 Å². The van der Waals surface area contributed by atoms with Crippen molar-refractivity contribution in [2.75, 3.05) is 0 Å². The minimum absolute atomic E-state index is 0.0438. The Labute approximate surface area is 91.0 Å². The van der Waals surface area contributed by atoms with Crippen LogP contribution in [-0.4, -0.2) is 18.7 Å². The van der Waals surface area contributed by atoms with Crippen molar-refractivity contribution in [3.05, 3.63) is 27.1 Å². The van der Waals surface area contributed by atoms with Crippen LogP contribution in [0.3, 0.4) is 0 Å². The van der Waals surface area contributed by atoms with E-state index in [0.717, 1.165) is 9.13 Å². The van der Waals surface area contributed by atoms with Gasteiger partial charge in [-0.15, -0.1) is 0 Å². The normalized spacial score (nSPS) is 15.9. The average molecular weight is 212 g/mol. The molecule has 2 rings (SSSR count). The fraction of sp³-hybridized carbons (Fsp3) is 0.444. The molecule has 0 bridgehead atoms. The molecule has 6 nitrogen and oxygen atoms in total. The molecule has 80 valence electrons. The summed E-state index contributed by atoms with van der Waals surface area (Å²) >= 11 is 0. The van der Waals surface area contributed by atoms with E-state index in [0.29, 0.717) is 4.57 Å². The summed E-state index contributed by atoms with van der Waals surface area (Å²) in [5, 5.41) is 0. The Balaban J connectivity index is 3.17. The monoisotopic (exact) mass is 212 g/mol. The summed E-state index contributed by atoms with van der Waals surface area (Å²) in [6.07, 6.45) is -0.279. The van der Waals surface area contributed by atoms with Gasteiger partial charge in [-0.2, -0.15) is 0 Å². The SMILES string of the molecule is [2H]c1nc2c(c(=O)n(CC)c(=O)n2C([2H])([2H])[2H])n1C. The molecule has 2 aromatic rings. The van der Waals surface area contributed by atoms with Gasteiger partial charge in [-0.05, 0) is 6.92 Å². The summed E-state index contributed by atoms with van der Waals surface area (Å²) in [5.74, 6) is 0. The van der Waals surface area contributed by atoms with Crippen molar-refractivity contribution in [1.82, 2.24) is 18.7 Å². The van der Waals surface area contributed by atoms with Gasteiger partial charge in [0.05, 0.1) is 6.30 Å². The number of imidazole rings is 1. The molecular weight excluding hydrogens is 196 g/mol.